The van der Waals surface area contributed by atoms with Crippen LogP contribution >= 0.6 is 0 Å². The summed E-state index contributed by atoms with van der Waals surface area (Å²) in [7, 11) is 0. The van der Waals surface area contributed by atoms with Crippen LogP contribution in [-0.4, -0.2) is 45.1 Å². The standard InChI is InChI=1S/C19H24O2.2C7H6O2/c1-15(21)19(13-17-10-6-3-7-11-17)18(14-20)12-16-8-4-2-5-9-16;2*8-7(9)6-4-2-1-3-5-6/h2-11,15,18-21H,12-14H2,1H3;2*1-5H,(H,8,9). The highest BCUT2D eigenvalue weighted by Crippen LogP contribution is 2.25. The van der Waals surface area contributed by atoms with Gasteiger partial charge in [-0.05, 0) is 67.0 Å². The zero-order chi connectivity index (χ0) is 28.5. The molecule has 6 heteroatoms. The van der Waals surface area contributed by atoms with E-state index in [1.807, 2.05) is 43.3 Å². The molecule has 0 saturated carbocycles. The lowest BCUT2D eigenvalue weighted by atomic mass is 9.80. The van der Waals surface area contributed by atoms with Gasteiger partial charge < -0.3 is 20.4 Å². The number of carboxylic acid groups (broad SMARTS) is 2. The number of hydrogen-bond acceptors (Lipinski definition) is 4. The lowest BCUT2D eigenvalue weighted by Crippen LogP contribution is -2.31. The third kappa shape index (κ3) is 11.8. The largest absolute Gasteiger partial charge is 0.478 e. The lowest BCUT2D eigenvalue weighted by molar-refractivity contribution is 0.0599. The van der Waals surface area contributed by atoms with Gasteiger partial charge in [-0.25, -0.2) is 9.59 Å². The summed E-state index contributed by atoms with van der Waals surface area (Å²) in [6.45, 7) is 1.92. The molecule has 4 aromatic rings. The molecule has 0 aliphatic rings. The third-order valence-electron chi connectivity index (χ3n) is 6.16. The van der Waals surface area contributed by atoms with Crippen molar-refractivity contribution in [2.75, 3.05) is 6.61 Å². The molecule has 0 fully saturated rings. The number of rotatable bonds is 9. The van der Waals surface area contributed by atoms with Crippen LogP contribution in [0.1, 0.15) is 38.8 Å². The first-order valence-electron chi connectivity index (χ1n) is 12.7. The molecular weight excluding hydrogens is 492 g/mol. The van der Waals surface area contributed by atoms with Crippen molar-refractivity contribution in [2.45, 2.75) is 25.9 Å². The molecule has 0 amide bonds. The second-order valence-corrected chi connectivity index (χ2v) is 9.07. The fourth-order valence-electron chi connectivity index (χ4n) is 4.05. The predicted molar refractivity (Wildman–Crippen MR) is 153 cm³/mol. The molecule has 0 spiro atoms. The minimum absolute atomic E-state index is 0.0533. The SMILES string of the molecule is CC(O)C(Cc1ccccc1)C(CO)Cc1ccccc1.O=C(O)c1ccccc1.O=C(O)c1ccccc1. The van der Waals surface area contributed by atoms with Crippen LogP contribution in [0.5, 0.6) is 0 Å². The smallest absolute Gasteiger partial charge is 0.335 e. The van der Waals surface area contributed by atoms with Gasteiger partial charge in [0.2, 0.25) is 0 Å². The van der Waals surface area contributed by atoms with E-state index in [-0.39, 0.29) is 18.4 Å². The topological polar surface area (TPSA) is 115 Å². The molecule has 0 bridgehead atoms. The molecule has 204 valence electrons. The number of aliphatic hydroxyl groups excluding tert-OH is 2. The van der Waals surface area contributed by atoms with Crippen molar-refractivity contribution in [1.82, 2.24) is 0 Å². The summed E-state index contributed by atoms with van der Waals surface area (Å²) in [5.41, 5.74) is 3.07. The van der Waals surface area contributed by atoms with Crippen LogP contribution in [-0.2, 0) is 12.8 Å². The van der Waals surface area contributed by atoms with Crippen molar-refractivity contribution in [2.24, 2.45) is 11.8 Å². The van der Waals surface area contributed by atoms with E-state index in [0.717, 1.165) is 12.8 Å². The molecule has 0 aliphatic heterocycles. The molecule has 39 heavy (non-hydrogen) atoms. The fourth-order valence-corrected chi connectivity index (χ4v) is 4.05. The van der Waals surface area contributed by atoms with E-state index in [2.05, 4.69) is 24.3 Å². The lowest BCUT2D eigenvalue weighted by Gasteiger charge is -2.28. The van der Waals surface area contributed by atoms with E-state index in [1.165, 1.54) is 11.1 Å². The van der Waals surface area contributed by atoms with Crippen LogP contribution in [0.2, 0.25) is 0 Å². The second kappa shape index (κ2) is 17.3. The van der Waals surface area contributed by atoms with Gasteiger partial charge in [-0.1, -0.05) is 97.1 Å². The van der Waals surface area contributed by atoms with Crippen molar-refractivity contribution in [3.8, 4) is 0 Å². The summed E-state index contributed by atoms with van der Waals surface area (Å²) < 4.78 is 0. The first kappa shape index (κ1) is 31.0. The van der Waals surface area contributed by atoms with Crippen molar-refractivity contribution >= 4 is 11.9 Å². The molecule has 3 unspecified atom stereocenters. The molecule has 3 atom stereocenters. The summed E-state index contributed by atoms with van der Waals surface area (Å²) in [4.78, 5) is 20.4. The Morgan fingerprint density at radius 2 is 0.923 bits per heavy atom. The minimum atomic E-state index is -0.879. The molecule has 0 aliphatic carbocycles. The van der Waals surface area contributed by atoms with Crippen molar-refractivity contribution in [1.29, 1.82) is 0 Å². The molecule has 0 heterocycles. The summed E-state index contributed by atoms with van der Waals surface area (Å²) >= 11 is 0. The molecule has 0 radical (unpaired) electrons. The zero-order valence-electron chi connectivity index (χ0n) is 22.0. The van der Waals surface area contributed by atoms with Crippen LogP contribution in [0.3, 0.4) is 0 Å². The number of aromatic carboxylic acids is 2. The van der Waals surface area contributed by atoms with E-state index in [0.29, 0.717) is 11.1 Å². The minimum Gasteiger partial charge on any atom is -0.478 e. The summed E-state index contributed by atoms with van der Waals surface area (Å²) in [6, 6.07) is 36.9. The van der Waals surface area contributed by atoms with Crippen molar-refractivity contribution < 1.29 is 30.0 Å². The van der Waals surface area contributed by atoms with Crippen molar-refractivity contribution in [3.63, 3.8) is 0 Å². The maximum atomic E-state index is 10.2. The predicted octanol–water partition coefficient (Wildman–Crippen LogP) is 5.85. The Kier molecular flexibility index (Phi) is 13.7. The average Bonchev–Trinajstić information content (AvgIpc) is 2.97. The molecule has 0 saturated heterocycles. The van der Waals surface area contributed by atoms with Gasteiger partial charge in [0, 0.05) is 6.61 Å². The number of benzene rings is 4. The summed E-state index contributed by atoms with van der Waals surface area (Å²) in [5.74, 6) is -1.64. The van der Waals surface area contributed by atoms with Crippen LogP contribution in [0.25, 0.3) is 0 Å². The summed E-state index contributed by atoms with van der Waals surface area (Å²) in [5, 5.41) is 36.7. The Bertz CT molecular complexity index is 1160. The Morgan fingerprint density at radius 3 is 1.21 bits per heavy atom. The summed E-state index contributed by atoms with van der Waals surface area (Å²) in [6.07, 6.45) is 1.14. The Morgan fingerprint density at radius 1 is 0.590 bits per heavy atom. The van der Waals surface area contributed by atoms with Gasteiger partial charge in [-0.15, -0.1) is 0 Å². The second-order valence-electron chi connectivity index (χ2n) is 9.07. The number of carbonyl (C=O) groups is 2. The molecule has 4 N–H and O–H groups in total. The highest BCUT2D eigenvalue weighted by molar-refractivity contribution is 5.87. The van der Waals surface area contributed by atoms with E-state index in [4.69, 9.17) is 10.2 Å². The van der Waals surface area contributed by atoms with Gasteiger partial charge >= 0.3 is 11.9 Å². The van der Waals surface area contributed by atoms with Gasteiger partial charge in [0.25, 0.3) is 0 Å². The normalized spacial score (nSPS) is 12.4. The highest BCUT2D eigenvalue weighted by atomic mass is 16.4. The highest BCUT2D eigenvalue weighted by Gasteiger charge is 2.25. The first-order chi connectivity index (χ1) is 18.8. The first-order valence-corrected chi connectivity index (χ1v) is 12.7. The maximum absolute atomic E-state index is 10.2. The van der Waals surface area contributed by atoms with Crippen LogP contribution in [0.15, 0.2) is 121 Å². The Balaban J connectivity index is 0.000000243. The number of aliphatic hydroxyl groups is 2. The van der Waals surface area contributed by atoms with E-state index < -0.39 is 18.0 Å². The zero-order valence-corrected chi connectivity index (χ0v) is 22.0. The van der Waals surface area contributed by atoms with E-state index >= 15 is 0 Å². The van der Waals surface area contributed by atoms with Crippen molar-refractivity contribution in [3.05, 3.63) is 144 Å². The van der Waals surface area contributed by atoms with Gasteiger partial charge in [-0.3, -0.25) is 0 Å². The van der Waals surface area contributed by atoms with Gasteiger partial charge in [0.05, 0.1) is 17.2 Å². The molecule has 4 rings (SSSR count). The van der Waals surface area contributed by atoms with Crippen LogP contribution in [0, 0.1) is 11.8 Å². The van der Waals surface area contributed by atoms with Crippen LogP contribution in [0.4, 0.5) is 0 Å². The van der Waals surface area contributed by atoms with Gasteiger partial charge in [-0.2, -0.15) is 0 Å². The van der Waals surface area contributed by atoms with Gasteiger partial charge in [0.15, 0.2) is 0 Å². The Labute approximate surface area is 229 Å². The van der Waals surface area contributed by atoms with E-state index in [9.17, 15) is 19.8 Å². The quantitative estimate of drug-likeness (QED) is 0.217. The van der Waals surface area contributed by atoms with Crippen LogP contribution < -0.4 is 0 Å². The molecular formula is C33H36O6. The molecule has 6 nitrogen and oxygen atoms in total. The number of carboxylic acids is 2. The maximum Gasteiger partial charge on any atom is 0.335 e. The average molecular weight is 529 g/mol. The third-order valence-corrected chi connectivity index (χ3v) is 6.16. The fraction of sp³-hybridized carbons (Fsp3) is 0.212. The van der Waals surface area contributed by atoms with Gasteiger partial charge in [0.1, 0.15) is 0 Å². The molecule has 0 aromatic heterocycles. The Hall–Kier alpha value is -4.26. The molecule has 4 aromatic carbocycles. The monoisotopic (exact) mass is 528 g/mol. The number of hydrogen-bond donors (Lipinski definition) is 4. The van der Waals surface area contributed by atoms with E-state index in [1.54, 1.807) is 60.7 Å².